The van der Waals surface area contributed by atoms with Crippen LogP contribution in [0.2, 0.25) is 0 Å². The summed E-state index contributed by atoms with van der Waals surface area (Å²) in [5.41, 5.74) is 1.77. The van der Waals surface area contributed by atoms with Gasteiger partial charge >= 0.3 is 7.80 Å². The summed E-state index contributed by atoms with van der Waals surface area (Å²) in [5, 5.41) is 0.849. The van der Waals surface area contributed by atoms with Crippen LogP contribution < -0.4 is 10.6 Å². The molecule has 0 fully saturated rings. The number of benzene rings is 4. The van der Waals surface area contributed by atoms with Gasteiger partial charge < -0.3 is 0 Å². The van der Waals surface area contributed by atoms with Crippen molar-refractivity contribution in [3.63, 3.8) is 0 Å². The molecule has 1 nitrogen and oxygen atoms in total. The fourth-order valence-electron chi connectivity index (χ4n) is 3.25. The molecular weight excluding hydrogens is 411 g/mol. The van der Waals surface area contributed by atoms with E-state index in [2.05, 4.69) is 0 Å². The normalized spacial score (nSPS) is 10.8. The average Bonchev–Trinajstić information content (AvgIpc) is 2.77. The molecule has 0 bridgehead atoms. The van der Waals surface area contributed by atoms with Gasteiger partial charge in [0.25, 0.3) is 0 Å². The van der Waals surface area contributed by atoms with Crippen molar-refractivity contribution in [2.24, 2.45) is 0 Å². The molecule has 0 aromatic heterocycles. The van der Waals surface area contributed by atoms with Crippen molar-refractivity contribution < 1.29 is 22.1 Å². The molecule has 0 heterocycles. The van der Waals surface area contributed by atoms with Crippen molar-refractivity contribution in [2.75, 3.05) is 0 Å². The van der Waals surface area contributed by atoms with Gasteiger partial charge in [0.2, 0.25) is 10.6 Å². The smallest absolute Gasteiger partial charge is 0.204 e. The molecule has 4 aromatic rings. The monoisotopic (exact) mass is 425 g/mol. The summed E-state index contributed by atoms with van der Waals surface area (Å²) < 4.78 is 67.8. The highest BCUT2D eigenvalue weighted by Crippen LogP contribution is 2.33. The summed E-state index contributed by atoms with van der Waals surface area (Å²) in [6.07, 6.45) is 0. The molecule has 0 atom stereocenters. The van der Waals surface area contributed by atoms with Gasteiger partial charge in [-0.05, 0) is 59.7 Å². The van der Waals surface area contributed by atoms with E-state index in [0.717, 1.165) is 24.3 Å². The van der Waals surface area contributed by atoms with E-state index < -0.39 is 31.1 Å². The number of rotatable bonds is 4. The van der Waals surface area contributed by atoms with Crippen LogP contribution in [0.1, 0.15) is 0 Å². The predicted octanol–water partition coefficient (Wildman–Crippen LogP) is 6.36. The Balaban J connectivity index is 1.84. The molecule has 0 unspecified atom stereocenters. The lowest BCUT2D eigenvalue weighted by Gasteiger charge is -2.06. The molecule has 0 N–H and O–H groups in total. The van der Waals surface area contributed by atoms with Crippen LogP contribution in [0.15, 0.2) is 84.9 Å². The van der Waals surface area contributed by atoms with Crippen LogP contribution in [0.4, 0.5) is 17.6 Å². The highest BCUT2D eigenvalue weighted by Gasteiger charge is 2.30. The van der Waals surface area contributed by atoms with Gasteiger partial charge in [0, 0.05) is 11.1 Å². The first kappa shape index (κ1) is 20.0. The minimum absolute atomic E-state index is 0.387. The molecule has 0 aliphatic heterocycles. The Morgan fingerprint density at radius 3 is 1.30 bits per heavy atom. The predicted molar refractivity (Wildman–Crippen MR) is 110 cm³/mol. The van der Waals surface area contributed by atoms with Crippen LogP contribution in [0.25, 0.3) is 22.3 Å². The summed E-state index contributed by atoms with van der Waals surface area (Å²) in [7, 11) is -2.18. The van der Waals surface area contributed by atoms with Crippen LogP contribution in [0, 0.1) is 23.3 Å². The van der Waals surface area contributed by atoms with Crippen molar-refractivity contribution in [1.29, 1.82) is 0 Å². The molecule has 6 heteroatoms. The van der Waals surface area contributed by atoms with E-state index in [1.165, 1.54) is 12.1 Å². The Hall–Kier alpha value is -3.30. The Morgan fingerprint density at radius 2 is 0.900 bits per heavy atom. The van der Waals surface area contributed by atoms with Crippen LogP contribution in [-0.2, 0) is 4.57 Å². The van der Waals surface area contributed by atoms with E-state index in [-0.39, 0.29) is 0 Å². The van der Waals surface area contributed by atoms with Crippen molar-refractivity contribution in [1.82, 2.24) is 0 Å². The minimum Gasteiger partial charge on any atom is -0.204 e. The minimum atomic E-state index is -2.18. The third-order valence-electron chi connectivity index (χ3n) is 4.71. The van der Waals surface area contributed by atoms with E-state index in [4.69, 9.17) is 0 Å². The maximum Gasteiger partial charge on any atom is 0.416 e. The maximum atomic E-state index is 13.8. The molecule has 0 saturated heterocycles. The van der Waals surface area contributed by atoms with Gasteiger partial charge in [-0.1, -0.05) is 41.0 Å². The molecule has 4 aromatic carbocycles. The van der Waals surface area contributed by atoms with Crippen LogP contribution in [0.5, 0.6) is 0 Å². The summed E-state index contributed by atoms with van der Waals surface area (Å²) >= 11 is 0. The number of hydrogen-bond donors (Lipinski definition) is 0. The Morgan fingerprint density at radius 1 is 0.500 bits per heavy atom. The molecule has 0 spiro atoms. The molecule has 0 amide bonds. The second kappa shape index (κ2) is 8.21. The molecule has 148 valence electrons. The van der Waals surface area contributed by atoms with Crippen LogP contribution in [0.3, 0.4) is 0 Å². The fourth-order valence-corrected chi connectivity index (χ4v) is 4.79. The van der Waals surface area contributed by atoms with Crippen LogP contribution >= 0.6 is 7.80 Å². The maximum absolute atomic E-state index is 13.8. The largest absolute Gasteiger partial charge is 0.416 e. The quantitative estimate of drug-likeness (QED) is 0.275. The lowest BCUT2D eigenvalue weighted by atomic mass is 10.1. The SMILES string of the molecule is O=[P+](c1ccccc1-c1ccc(F)c(F)c1)c1ccccc1-c1ccc(F)c(F)c1. The zero-order valence-electron chi connectivity index (χ0n) is 15.5. The van der Waals surface area contributed by atoms with Gasteiger partial charge in [-0.15, -0.1) is 0 Å². The molecule has 4 rings (SSSR count). The first-order chi connectivity index (χ1) is 14.5. The lowest BCUT2D eigenvalue weighted by Crippen LogP contribution is -2.12. The molecule has 0 saturated carbocycles. The highest BCUT2D eigenvalue weighted by atomic mass is 31.1. The molecular formula is C24H14F4OP+. The van der Waals surface area contributed by atoms with Gasteiger partial charge in [0.05, 0.1) is 0 Å². The first-order valence-electron chi connectivity index (χ1n) is 9.02. The van der Waals surface area contributed by atoms with Gasteiger partial charge in [-0.25, -0.2) is 17.6 Å². The summed E-state index contributed by atoms with van der Waals surface area (Å²) in [6, 6.07) is 20.5. The molecule has 0 aliphatic rings. The van der Waals surface area contributed by atoms with Gasteiger partial charge in [0.15, 0.2) is 23.3 Å². The Labute approximate surface area is 171 Å². The third-order valence-corrected chi connectivity index (χ3v) is 6.36. The fraction of sp³-hybridized carbons (Fsp3) is 0. The Kier molecular flexibility index (Phi) is 5.47. The highest BCUT2D eigenvalue weighted by molar-refractivity contribution is 7.62. The van der Waals surface area contributed by atoms with Crippen molar-refractivity contribution in [3.8, 4) is 22.3 Å². The van der Waals surface area contributed by atoms with E-state index in [1.807, 2.05) is 0 Å². The Bertz CT molecular complexity index is 1170. The van der Waals surface area contributed by atoms with Gasteiger partial charge in [-0.2, -0.15) is 0 Å². The number of hydrogen-bond acceptors (Lipinski definition) is 1. The number of halogens is 4. The van der Waals surface area contributed by atoms with E-state index in [0.29, 0.717) is 32.9 Å². The standard InChI is InChI=1S/C24H14F4OP/c25-19-11-9-15(13-21(19)27)17-5-1-3-7-23(17)30(29)24-8-4-2-6-18(24)16-10-12-20(26)22(28)14-16/h1-14H/q+1. The first-order valence-corrected chi connectivity index (χ1v) is 10.3. The zero-order chi connectivity index (χ0) is 21.3. The van der Waals surface area contributed by atoms with E-state index in [9.17, 15) is 22.1 Å². The van der Waals surface area contributed by atoms with Crippen molar-refractivity contribution in [3.05, 3.63) is 108 Å². The lowest BCUT2D eigenvalue weighted by molar-refractivity contribution is 0.509. The average molecular weight is 425 g/mol. The summed E-state index contributed by atoms with van der Waals surface area (Å²) in [6.45, 7) is 0. The second-order valence-electron chi connectivity index (χ2n) is 6.59. The van der Waals surface area contributed by atoms with Crippen molar-refractivity contribution >= 4 is 18.4 Å². The van der Waals surface area contributed by atoms with Gasteiger partial charge in [-0.3, -0.25) is 0 Å². The second-order valence-corrected chi connectivity index (χ2v) is 8.14. The van der Waals surface area contributed by atoms with Crippen molar-refractivity contribution in [2.45, 2.75) is 0 Å². The summed E-state index contributed by atoms with van der Waals surface area (Å²) in [5.74, 6) is -3.94. The molecule has 0 aliphatic carbocycles. The zero-order valence-corrected chi connectivity index (χ0v) is 16.3. The van der Waals surface area contributed by atoms with E-state index in [1.54, 1.807) is 48.5 Å². The molecule has 0 radical (unpaired) electrons. The van der Waals surface area contributed by atoms with Gasteiger partial charge in [0.1, 0.15) is 0 Å². The summed E-state index contributed by atoms with van der Waals surface area (Å²) in [4.78, 5) is 0. The molecule has 30 heavy (non-hydrogen) atoms. The topological polar surface area (TPSA) is 17.1 Å². The third kappa shape index (κ3) is 3.77. The van der Waals surface area contributed by atoms with Crippen LogP contribution in [-0.4, -0.2) is 0 Å². The van der Waals surface area contributed by atoms with E-state index >= 15 is 0 Å².